The van der Waals surface area contributed by atoms with Gasteiger partial charge in [0.05, 0.1) is 5.69 Å². The van der Waals surface area contributed by atoms with Gasteiger partial charge in [0.2, 0.25) is 0 Å². The number of anilines is 1. The Morgan fingerprint density at radius 2 is 1.85 bits per heavy atom. The predicted octanol–water partition coefficient (Wildman–Crippen LogP) is 3.59. The van der Waals surface area contributed by atoms with Gasteiger partial charge in [-0.3, -0.25) is 9.69 Å². The monoisotopic (exact) mass is 379 g/mol. The fraction of sp³-hybridized carbons (Fsp3) is 0.579. The summed E-state index contributed by atoms with van der Waals surface area (Å²) >= 11 is 1.66. The van der Waals surface area contributed by atoms with Crippen molar-refractivity contribution in [1.29, 1.82) is 0 Å². The summed E-state index contributed by atoms with van der Waals surface area (Å²) in [6.45, 7) is 3.60. The molecule has 3 rings (SSSR count). The minimum atomic E-state index is -0.250. The largest absolute Gasteiger partial charge is 0.483 e. The van der Waals surface area contributed by atoms with E-state index in [1.54, 1.807) is 11.8 Å². The van der Waals surface area contributed by atoms with Crippen LogP contribution in [0, 0.1) is 0 Å². The number of carbonyl (C=O) groups is 2. The molecule has 1 aliphatic carbocycles. The van der Waals surface area contributed by atoms with Crippen LogP contribution < -0.4 is 5.32 Å². The number of amides is 2. The molecule has 2 fully saturated rings. The van der Waals surface area contributed by atoms with Crippen LogP contribution in [0.25, 0.3) is 0 Å². The number of carbonyl (C=O) groups excluding carboxylic acids is 1. The summed E-state index contributed by atoms with van der Waals surface area (Å²) in [5.41, 5.74) is 0.918. The first-order chi connectivity index (χ1) is 12.7. The van der Waals surface area contributed by atoms with Crippen LogP contribution in [0.5, 0.6) is 0 Å². The van der Waals surface area contributed by atoms with E-state index in [2.05, 4.69) is 10.2 Å². The molecule has 2 amide bonds. The average Bonchev–Trinajstić information content (AvgIpc) is 3.07. The first-order valence-electron chi connectivity index (χ1n) is 9.20. The van der Waals surface area contributed by atoms with Crippen molar-refractivity contribution >= 4 is 30.0 Å². The van der Waals surface area contributed by atoms with E-state index in [-0.39, 0.29) is 12.5 Å². The van der Waals surface area contributed by atoms with Gasteiger partial charge in [-0.05, 0) is 37.7 Å². The zero-order chi connectivity index (χ0) is 18.8. The Morgan fingerprint density at radius 3 is 2.54 bits per heavy atom. The first-order valence-corrected chi connectivity index (χ1v) is 10.4. The number of para-hydroxylation sites is 1. The zero-order valence-corrected chi connectivity index (χ0v) is 16.2. The highest BCUT2D eigenvalue weighted by Crippen LogP contribution is 2.26. The molecule has 0 aromatic heterocycles. The van der Waals surface area contributed by atoms with Gasteiger partial charge in [-0.1, -0.05) is 25.0 Å². The zero-order valence-electron chi connectivity index (χ0n) is 15.4. The van der Waals surface area contributed by atoms with E-state index in [1.165, 1.54) is 25.7 Å². The Bertz CT molecular complexity index is 579. The molecule has 0 bridgehead atoms. The molecule has 1 aromatic rings. The summed E-state index contributed by atoms with van der Waals surface area (Å²) < 4.78 is 0. The van der Waals surface area contributed by atoms with E-state index in [9.17, 15) is 4.79 Å². The third-order valence-corrected chi connectivity index (χ3v) is 5.80. The molecule has 1 heterocycles. The number of nitrogens with zero attached hydrogens (tertiary/aromatic N) is 2. The molecule has 26 heavy (non-hydrogen) atoms. The maximum absolute atomic E-state index is 12.6. The van der Waals surface area contributed by atoms with Crippen molar-refractivity contribution in [1.82, 2.24) is 9.80 Å². The lowest BCUT2D eigenvalue weighted by Crippen LogP contribution is -2.40. The van der Waals surface area contributed by atoms with Crippen molar-refractivity contribution in [2.45, 2.75) is 43.0 Å². The standard InChI is InChI=1S/C18H27N3OS.CH2O2/c1-23-17-10-5-4-9-16(17)19-18(22)21-12-6-11-20(13-14-21)15-7-2-3-8-15;2-1-3/h4-5,9-10,15H,2-3,6-8,11-14H2,1H3,(H,19,22);1H,(H,2,3). The number of nitrogens with one attached hydrogen (secondary N) is 1. The van der Waals surface area contributed by atoms with Gasteiger partial charge in [0.15, 0.2) is 0 Å². The lowest BCUT2D eigenvalue weighted by atomic mass is 10.2. The highest BCUT2D eigenvalue weighted by Gasteiger charge is 2.26. The predicted molar refractivity (Wildman–Crippen MR) is 106 cm³/mol. The van der Waals surface area contributed by atoms with E-state index in [4.69, 9.17) is 9.90 Å². The molecule has 0 atom stereocenters. The van der Waals surface area contributed by atoms with Gasteiger partial charge in [-0.25, -0.2) is 4.79 Å². The van der Waals surface area contributed by atoms with Gasteiger partial charge in [0.1, 0.15) is 0 Å². The molecule has 0 spiro atoms. The van der Waals surface area contributed by atoms with Crippen LogP contribution in [0.3, 0.4) is 0 Å². The third kappa shape index (κ3) is 5.92. The van der Waals surface area contributed by atoms with Crippen LogP contribution in [0.1, 0.15) is 32.1 Å². The van der Waals surface area contributed by atoms with Gasteiger partial charge in [-0.2, -0.15) is 0 Å². The van der Waals surface area contributed by atoms with Crippen LogP contribution in [-0.4, -0.2) is 65.9 Å². The molecular formula is C19H29N3O3S. The third-order valence-electron chi connectivity index (χ3n) is 5.01. The lowest BCUT2D eigenvalue weighted by molar-refractivity contribution is -0.122. The quantitative estimate of drug-likeness (QED) is 0.620. The molecule has 1 saturated heterocycles. The summed E-state index contributed by atoms with van der Waals surface area (Å²) in [6, 6.07) is 8.80. The normalized spacial score (nSPS) is 18.6. The number of urea groups is 1. The first kappa shape index (κ1) is 20.6. The highest BCUT2D eigenvalue weighted by molar-refractivity contribution is 7.98. The Labute approximate surface area is 159 Å². The van der Waals surface area contributed by atoms with E-state index in [0.29, 0.717) is 0 Å². The average molecular weight is 380 g/mol. The maximum Gasteiger partial charge on any atom is 0.321 e. The second-order valence-electron chi connectivity index (χ2n) is 6.55. The Morgan fingerprint density at radius 1 is 1.15 bits per heavy atom. The summed E-state index contributed by atoms with van der Waals surface area (Å²) in [5, 5.41) is 9.98. The molecule has 1 aromatic carbocycles. The van der Waals surface area contributed by atoms with Crippen molar-refractivity contribution in [3.8, 4) is 0 Å². The summed E-state index contributed by atoms with van der Waals surface area (Å²) in [7, 11) is 0. The van der Waals surface area contributed by atoms with Crippen LogP contribution in [-0.2, 0) is 4.79 Å². The lowest BCUT2D eigenvalue weighted by Gasteiger charge is -2.27. The maximum atomic E-state index is 12.6. The van der Waals surface area contributed by atoms with E-state index in [0.717, 1.165) is 49.2 Å². The van der Waals surface area contributed by atoms with E-state index < -0.39 is 0 Å². The molecule has 144 valence electrons. The van der Waals surface area contributed by atoms with Crippen molar-refractivity contribution in [3.63, 3.8) is 0 Å². The fourth-order valence-electron chi connectivity index (χ4n) is 3.72. The number of carboxylic acid groups (broad SMARTS) is 1. The number of rotatable bonds is 3. The van der Waals surface area contributed by atoms with Crippen molar-refractivity contribution in [2.24, 2.45) is 0 Å². The van der Waals surface area contributed by atoms with Crippen molar-refractivity contribution < 1.29 is 14.7 Å². The van der Waals surface area contributed by atoms with Gasteiger partial charge >= 0.3 is 6.03 Å². The Hall–Kier alpha value is -1.73. The molecule has 0 unspecified atom stereocenters. The van der Waals surface area contributed by atoms with Crippen LogP contribution in [0.4, 0.5) is 10.5 Å². The second kappa shape index (κ2) is 11.1. The molecule has 0 radical (unpaired) electrons. The molecule has 1 aliphatic heterocycles. The molecule has 6 nitrogen and oxygen atoms in total. The van der Waals surface area contributed by atoms with E-state index in [1.807, 2.05) is 35.4 Å². The molecule has 2 N–H and O–H groups in total. The Balaban J connectivity index is 0.000000758. The van der Waals surface area contributed by atoms with Crippen molar-refractivity contribution in [2.75, 3.05) is 37.8 Å². The highest BCUT2D eigenvalue weighted by atomic mass is 32.2. The summed E-state index contributed by atoms with van der Waals surface area (Å²) in [4.78, 5) is 26.7. The van der Waals surface area contributed by atoms with Gasteiger partial charge in [0.25, 0.3) is 6.47 Å². The minimum Gasteiger partial charge on any atom is -0.483 e. The van der Waals surface area contributed by atoms with E-state index >= 15 is 0 Å². The minimum absolute atomic E-state index is 0.0415. The topological polar surface area (TPSA) is 72.9 Å². The smallest absolute Gasteiger partial charge is 0.321 e. The van der Waals surface area contributed by atoms with Gasteiger partial charge in [-0.15, -0.1) is 11.8 Å². The van der Waals surface area contributed by atoms with Crippen LogP contribution in [0.2, 0.25) is 0 Å². The molecule has 1 saturated carbocycles. The number of hydrogen-bond acceptors (Lipinski definition) is 4. The fourth-order valence-corrected chi connectivity index (χ4v) is 4.27. The molecular weight excluding hydrogens is 350 g/mol. The van der Waals surface area contributed by atoms with Crippen LogP contribution in [0.15, 0.2) is 29.2 Å². The second-order valence-corrected chi connectivity index (χ2v) is 7.40. The molecule has 7 heteroatoms. The SMILES string of the molecule is CSc1ccccc1NC(=O)N1CCCN(C2CCCC2)CC1.O=CO. The molecule has 2 aliphatic rings. The number of hydrogen-bond donors (Lipinski definition) is 2. The number of thioether (sulfide) groups is 1. The van der Waals surface area contributed by atoms with Gasteiger partial charge < -0.3 is 15.3 Å². The Kier molecular flexibility index (Phi) is 8.77. The van der Waals surface area contributed by atoms with Crippen LogP contribution >= 0.6 is 11.8 Å². The van der Waals surface area contributed by atoms with Crippen molar-refractivity contribution in [3.05, 3.63) is 24.3 Å². The summed E-state index contributed by atoms with van der Waals surface area (Å²) in [5.74, 6) is 0. The van der Waals surface area contributed by atoms with Gasteiger partial charge in [0, 0.05) is 37.1 Å². The summed E-state index contributed by atoms with van der Waals surface area (Å²) in [6.07, 6.45) is 8.54. The number of benzene rings is 1.